The van der Waals surface area contributed by atoms with Gasteiger partial charge < -0.3 is 5.32 Å². The predicted octanol–water partition coefficient (Wildman–Crippen LogP) is 4.79. The highest BCUT2D eigenvalue weighted by atomic mass is 35.5. The Labute approximate surface area is 139 Å². The summed E-state index contributed by atoms with van der Waals surface area (Å²) < 4.78 is 55.0. The Morgan fingerprint density at radius 1 is 1.09 bits per heavy atom. The molecule has 23 heavy (non-hydrogen) atoms. The van der Waals surface area contributed by atoms with Gasteiger partial charge in [-0.3, -0.25) is 4.79 Å². The first-order valence-corrected chi connectivity index (χ1v) is 7.03. The fourth-order valence-corrected chi connectivity index (χ4v) is 2.42. The zero-order valence-corrected chi connectivity index (χ0v) is 12.9. The molecule has 0 aromatic heterocycles. The number of carbonyl (C=O) groups is 1. The van der Waals surface area contributed by atoms with Crippen LogP contribution in [0, 0.1) is 11.6 Å². The first-order chi connectivity index (χ1) is 10.7. The van der Waals surface area contributed by atoms with E-state index in [4.69, 9.17) is 23.2 Å². The Morgan fingerprint density at radius 3 is 2.26 bits per heavy atom. The molecule has 0 aliphatic carbocycles. The molecule has 2 nitrogen and oxygen atoms in total. The van der Waals surface area contributed by atoms with Crippen molar-refractivity contribution in [3.8, 4) is 0 Å². The number of nitrogens with one attached hydrogen (secondary N) is 1. The van der Waals surface area contributed by atoms with Crippen LogP contribution in [-0.2, 0) is 5.92 Å². The van der Waals surface area contributed by atoms with Crippen LogP contribution >= 0.6 is 23.2 Å². The van der Waals surface area contributed by atoms with Gasteiger partial charge in [-0.05, 0) is 30.3 Å². The van der Waals surface area contributed by atoms with E-state index in [1.807, 2.05) is 0 Å². The van der Waals surface area contributed by atoms with Crippen molar-refractivity contribution in [3.05, 3.63) is 69.2 Å². The molecule has 1 N–H and O–H groups in total. The zero-order valence-electron chi connectivity index (χ0n) is 11.3. The van der Waals surface area contributed by atoms with E-state index in [1.165, 1.54) is 6.07 Å². The van der Waals surface area contributed by atoms with Crippen molar-refractivity contribution in [2.45, 2.75) is 5.92 Å². The fourth-order valence-electron chi connectivity index (χ4n) is 1.88. The van der Waals surface area contributed by atoms with Crippen LogP contribution in [0.4, 0.5) is 17.6 Å². The van der Waals surface area contributed by atoms with Crippen LogP contribution in [0.15, 0.2) is 36.4 Å². The molecule has 0 fully saturated rings. The van der Waals surface area contributed by atoms with Crippen LogP contribution in [0.3, 0.4) is 0 Å². The van der Waals surface area contributed by atoms with Gasteiger partial charge in [-0.1, -0.05) is 29.3 Å². The van der Waals surface area contributed by atoms with Crippen molar-refractivity contribution in [3.63, 3.8) is 0 Å². The van der Waals surface area contributed by atoms with E-state index in [0.29, 0.717) is 0 Å². The number of amides is 1. The molecule has 2 aromatic carbocycles. The average molecular weight is 366 g/mol. The van der Waals surface area contributed by atoms with Gasteiger partial charge in [-0.25, -0.2) is 8.78 Å². The average Bonchev–Trinajstić information content (AvgIpc) is 2.44. The number of alkyl halides is 2. The summed E-state index contributed by atoms with van der Waals surface area (Å²) in [5.74, 6) is -7.12. The number of hydrogen-bond acceptors (Lipinski definition) is 1. The van der Waals surface area contributed by atoms with Gasteiger partial charge in [-0.2, -0.15) is 8.78 Å². The zero-order chi connectivity index (χ0) is 17.2. The molecule has 0 spiro atoms. The summed E-state index contributed by atoms with van der Waals surface area (Å²) in [4.78, 5) is 11.7. The van der Waals surface area contributed by atoms with Crippen LogP contribution in [-0.4, -0.2) is 12.5 Å². The third kappa shape index (κ3) is 3.95. The normalized spacial score (nSPS) is 11.4. The minimum absolute atomic E-state index is 0.173. The topological polar surface area (TPSA) is 29.1 Å². The van der Waals surface area contributed by atoms with Gasteiger partial charge in [0, 0.05) is 10.6 Å². The largest absolute Gasteiger partial charge is 0.345 e. The molecule has 0 radical (unpaired) electrons. The second-order valence-corrected chi connectivity index (χ2v) is 5.45. The fraction of sp³-hybridized carbons (Fsp3) is 0.133. The number of benzene rings is 2. The Kier molecular flexibility index (Phi) is 5.16. The molecule has 0 saturated carbocycles. The maximum absolute atomic E-state index is 14.1. The van der Waals surface area contributed by atoms with Crippen LogP contribution in [0.5, 0.6) is 0 Å². The van der Waals surface area contributed by atoms with E-state index >= 15 is 0 Å². The second-order valence-electron chi connectivity index (χ2n) is 4.61. The third-order valence-electron chi connectivity index (χ3n) is 2.99. The van der Waals surface area contributed by atoms with E-state index in [0.717, 1.165) is 30.3 Å². The summed E-state index contributed by atoms with van der Waals surface area (Å²) in [7, 11) is 0. The second kappa shape index (κ2) is 6.76. The van der Waals surface area contributed by atoms with Crippen molar-refractivity contribution in [1.29, 1.82) is 0 Å². The van der Waals surface area contributed by atoms with Gasteiger partial charge in [0.2, 0.25) is 0 Å². The Hall–Kier alpha value is -1.79. The highest BCUT2D eigenvalue weighted by molar-refractivity contribution is 6.35. The first kappa shape index (κ1) is 17.6. The lowest BCUT2D eigenvalue weighted by atomic mass is 10.1. The molecule has 0 heterocycles. The summed E-state index contributed by atoms with van der Waals surface area (Å²) in [5, 5.41) is 1.69. The molecular weight excluding hydrogens is 357 g/mol. The minimum atomic E-state index is -3.54. The van der Waals surface area contributed by atoms with E-state index in [9.17, 15) is 22.4 Å². The van der Waals surface area contributed by atoms with Crippen molar-refractivity contribution >= 4 is 29.1 Å². The lowest BCUT2D eigenvalue weighted by molar-refractivity contribution is -0.00245. The van der Waals surface area contributed by atoms with Gasteiger partial charge in [0.1, 0.15) is 17.2 Å². The molecule has 0 bridgehead atoms. The van der Waals surface area contributed by atoms with E-state index in [1.54, 1.807) is 5.32 Å². The number of carbonyl (C=O) groups excluding carboxylic acids is 1. The van der Waals surface area contributed by atoms with Crippen LogP contribution in [0.2, 0.25) is 10.0 Å². The van der Waals surface area contributed by atoms with Gasteiger partial charge in [0.15, 0.2) is 0 Å². The minimum Gasteiger partial charge on any atom is -0.345 e. The van der Waals surface area contributed by atoms with Gasteiger partial charge >= 0.3 is 0 Å². The van der Waals surface area contributed by atoms with E-state index < -0.39 is 41.1 Å². The summed E-state index contributed by atoms with van der Waals surface area (Å²) in [6.07, 6.45) is 0. The van der Waals surface area contributed by atoms with Gasteiger partial charge in [0.05, 0.1) is 11.6 Å². The molecule has 0 atom stereocenters. The van der Waals surface area contributed by atoms with E-state index in [-0.39, 0.29) is 10.0 Å². The molecule has 0 aliphatic rings. The predicted molar refractivity (Wildman–Crippen MR) is 79.0 cm³/mol. The summed E-state index contributed by atoms with van der Waals surface area (Å²) in [6.45, 7) is -1.18. The van der Waals surface area contributed by atoms with Gasteiger partial charge in [-0.15, -0.1) is 0 Å². The highest BCUT2D eigenvalue weighted by Crippen LogP contribution is 2.34. The summed E-state index contributed by atoms with van der Waals surface area (Å²) in [6, 6.07) is 6.13. The van der Waals surface area contributed by atoms with Crippen molar-refractivity contribution in [2.24, 2.45) is 0 Å². The summed E-state index contributed by atoms with van der Waals surface area (Å²) >= 11 is 11.3. The highest BCUT2D eigenvalue weighted by Gasteiger charge is 2.35. The van der Waals surface area contributed by atoms with Crippen LogP contribution < -0.4 is 5.32 Å². The number of rotatable bonds is 4. The van der Waals surface area contributed by atoms with Crippen molar-refractivity contribution in [1.82, 2.24) is 5.32 Å². The molecule has 8 heteroatoms. The molecule has 0 aliphatic heterocycles. The van der Waals surface area contributed by atoms with Crippen LogP contribution in [0.25, 0.3) is 0 Å². The lowest BCUT2D eigenvalue weighted by Crippen LogP contribution is -2.36. The smallest absolute Gasteiger partial charge is 0.291 e. The lowest BCUT2D eigenvalue weighted by Gasteiger charge is -2.19. The molecule has 0 unspecified atom stereocenters. The molecule has 1 amide bonds. The molecular formula is C15H9Cl2F4NO. The van der Waals surface area contributed by atoms with Gasteiger partial charge in [0.25, 0.3) is 11.8 Å². The standard InChI is InChI=1S/C15H9Cl2F4NO/c16-8-4-5-9(10(17)6-8)15(20,21)7-22-14(23)13-11(18)2-1-3-12(13)19/h1-6H,7H2,(H,22,23). The van der Waals surface area contributed by atoms with Crippen LogP contribution in [0.1, 0.15) is 15.9 Å². The quantitative estimate of drug-likeness (QED) is 0.775. The SMILES string of the molecule is O=C(NCC(F)(F)c1ccc(Cl)cc1Cl)c1c(F)cccc1F. The number of halogens is 6. The Balaban J connectivity index is 2.17. The Morgan fingerprint density at radius 2 is 1.70 bits per heavy atom. The van der Waals surface area contributed by atoms with E-state index in [2.05, 4.69) is 0 Å². The summed E-state index contributed by atoms with van der Waals surface area (Å²) in [5.41, 5.74) is -1.48. The van der Waals surface area contributed by atoms with Crippen molar-refractivity contribution < 1.29 is 22.4 Å². The first-order valence-electron chi connectivity index (χ1n) is 6.28. The molecule has 2 rings (SSSR count). The Bertz CT molecular complexity index is 732. The maximum Gasteiger partial charge on any atom is 0.291 e. The molecule has 2 aromatic rings. The molecule has 0 saturated heterocycles. The number of hydrogen-bond donors (Lipinski definition) is 1. The monoisotopic (exact) mass is 365 g/mol. The maximum atomic E-state index is 14.1. The molecule has 122 valence electrons. The van der Waals surface area contributed by atoms with Crippen molar-refractivity contribution in [2.75, 3.05) is 6.54 Å². The third-order valence-corrected chi connectivity index (χ3v) is 3.53.